The average Bonchev–Trinajstić information content (AvgIpc) is 2.53. The van der Waals surface area contributed by atoms with E-state index in [2.05, 4.69) is 29.3 Å². The van der Waals surface area contributed by atoms with E-state index in [4.69, 9.17) is 9.47 Å². The summed E-state index contributed by atoms with van der Waals surface area (Å²) in [5.74, 6) is 0.955. The number of methoxy groups -OCH3 is 1. The fourth-order valence-corrected chi connectivity index (χ4v) is 2.79. The summed E-state index contributed by atoms with van der Waals surface area (Å²) in [7, 11) is 3.73. The summed E-state index contributed by atoms with van der Waals surface area (Å²) in [5.41, 5.74) is 1.23. The first kappa shape index (κ1) is 15.3. The molecule has 1 aromatic carbocycles. The SMILES string of the molecule is CCN1CCOC(C(Cc2ccccc2OC)NC)C1. The smallest absolute Gasteiger partial charge is 0.122 e. The molecule has 0 aliphatic carbocycles. The minimum Gasteiger partial charge on any atom is -0.496 e. The maximum absolute atomic E-state index is 5.96. The van der Waals surface area contributed by atoms with Gasteiger partial charge in [0.25, 0.3) is 0 Å². The van der Waals surface area contributed by atoms with E-state index in [1.807, 2.05) is 19.2 Å². The molecule has 1 aromatic rings. The molecule has 0 spiro atoms. The van der Waals surface area contributed by atoms with Gasteiger partial charge in [-0.15, -0.1) is 0 Å². The lowest BCUT2D eigenvalue weighted by molar-refractivity contribution is -0.0436. The number of ether oxygens (including phenoxy) is 2. The summed E-state index contributed by atoms with van der Waals surface area (Å²) < 4.78 is 11.4. The van der Waals surface area contributed by atoms with Gasteiger partial charge in [0, 0.05) is 19.1 Å². The summed E-state index contributed by atoms with van der Waals surface area (Å²) >= 11 is 0. The molecule has 4 nitrogen and oxygen atoms in total. The molecule has 0 radical (unpaired) electrons. The summed E-state index contributed by atoms with van der Waals surface area (Å²) in [6.45, 7) is 6.15. The molecule has 0 aromatic heterocycles. The van der Waals surface area contributed by atoms with Crippen LogP contribution in [0.25, 0.3) is 0 Å². The van der Waals surface area contributed by atoms with Crippen LogP contribution in [-0.4, -0.2) is 57.4 Å². The molecule has 2 unspecified atom stereocenters. The Morgan fingerprint density at radius 3 is 2.95 bits per heavy atom. The van der Waals surface area contributed by atoms with Crippen LogP contribution in [0.1, 0.15) is 12.5 Å². The maximum atomic E-state index is 5.96. The molecular weight excluding hydrogens is 252 g/mol. The van der Waals surface area contributed by atoms with Gasteiger partial charge in [0.05, 0.1) is 19.8 Å². The minimum atomic E-state index is 0.235. The number of rotatable bonds is 6. The molecule has 1 aliphatic heterocycles. The van der Waals surface area contributed by atoms with Crippen LogP contribution in [0, 0.1) is 0 Å². The van der Waals surface area contributed by atoms with Crippen LogP contribution in [0.4, 0.5) is 0 Å². The quantitative estimate of drug-likeness (QED) is 0.856. The monoisotopic (exact) mass is 278 g/mol. The third kappa shape index (κ3) is 3.72. The zero-order valence-corrected chi connectivity index (χ0v) is 12.8. The Labute approximate surface area is 122 Å². The Morgan fingerprint density at radius 2 is 2.25 bits per heavy atom. The number of benzene rings is 1. The maximum Gasteiger partial charge on any atom is 0.122 e. The van der Waals surface area contributed by atoms with Crippen molar-refractivity contribution in [3.63, 3.8) is 0 Å². The molecule has 4 heteroatoms. The minimum absolute atomic E-state index is 0.235. The second-order valence-electron chi connectivity index (χ2n) is 5.21. The predicted molar refractivity (Wildman–Crippen MR) is 81.4 cm³/mol. The number of hydrogen-bond donors (Lipinski definition) is 1. The molecule has 0 amide bonds. The van der Waals surface area contributed by atoms with E-state index in [0.717, 1.165) is 38.4 Å². The van der Waals surface area contributed by atoms with Gasteiger partial charge < -0.3 is 14.8 Å². The Balaban J connectivity index is 2.04. The van der Waals surface area contributed by atoms with E-state index in [0.29, 0.717) is 6.04 Å². The van der Waals surface area contributed by atoms with Crippen LogP contribution in [-0.2, 0) is 11.2 Å². The molecule has 0 saturated carbocycles. The highest BCUT2D eigenvalue weighted by Gasteiger charge is 2.27. The molecule has 1 saturated heterocycles. The predicted octanol–water partition coefficient (Wildman–Crippen LogP) is 1.55. The molecule has 0 bridgehead atoms. The number of nitrogens with zero attached hydrogens (tertiary/aromatic N) is 1. The lowest BCUT2D eigenvalue weighted by Gasteiger charge is -2.36. The summed E-state index contributed by atoms with van der Waals surface area (Å²) in [6, 6.07) is 8.52. The van der Waals surface area contributed by atoms with Crippen LogP contribution >= 0.6 is 0 Å². The number of nitrogens with one attached hydrogen (secondary N) is 1. The molecular formula is C16H26N2O2. The summed E-state index contributed by atoms with van der Waals surface area (Å²) in [6.07, 6.45) is 1.15. The van der Waals surface area contributed by atoms with E-state index in [1.54, 1.807) is 7.11 Å². The number of morpholine rings is 1. The zero-order valence-electron chi connectivity index (χ0n) is 12.8. The third-order valence-electron chi connectivity index (χ3n) is 4.08. The lowest BCUT2D eigenvalue weighted by atomic mass is 9.99. The number of hydrogen-bond acceptors (Lipinski definition) is 4. The zero-order chi connectivity index (χ0) is 14.4. The summed E-state index contributed by atoms with van der Waals surface area (Å²) in [4.78, 5) is 2.45. The molecule has 1 heterocycles. The standard InChI is InChI=1S/C16H26N2O2/c1-4-18-9-10-20-16(12-18)14(17-2)11-13-7-5-6-8-15(13)19-3/h5-8,14,16-17H,4,9-12H2,1-3H3. The van der Waals surface area contributed by atoms with Crippen molar-refractivity contribution in [1.82, 2.24) is 10.2 Å². The van der Waals surface area contributed by atoms with Gasteiger partial charge in [-0.3, -0.25) is 4.90 Å². The van der Waals surface area contributed by atoms with Crippen molar-refractivity contribution in [2.45, 2.75) is 25.5 Å². The molecule has 1 aliphatic rings. The van der Waals surface area contributed by atoms with Crippen molar-refractivity contribution >= 4 is 0 Å². The van der Waals surface area contributed by atoms with Gasteiger partial charge in [0.2, 0.25) is 0 Å². The Morgan fingerprint density at radius 1 is 1.45 bits per heavy atom. The fourth-order valence-electron chi connectivity index (χ4n) is 2.79. The number of para-hydroxylation sites is 1. The molecule has 1 fully saturated rings. The van der Waals surface area contributed by atoms with E-state index in [-0.39, 0.29) is 6.10 Å². The highest BCUT2D eigenvalue weighted by Crippen LogP contribution is 2.21. The average molecular weight is 278 g/mol. The van der Waals surface area contributed by atoms with Gasteiger partial charge in [-0.05, 0) is 31.6 Å². The first-order chi connectivity index (χ1) is 9.78. The van der Waals surface area contributed by atoms with Gasteiger partial charge in [-0.25, -0.2) is 0 Å². The van der Waals surface area contributed by atoms with Crippen LogP contribution in [0.2, 0.25) is 0 Å². The second-order valence-corrected chi connectivity index (χ2v) is 5.21. The fraction of sp³-hybridized carbons (Fsp3) is 0.625. The van der Waals surface area contributed by atoms with Crippen molar-refractivity contribution < 1.29 is 9.47 Å². The van der Waals surface area contributed by atoms with E-state index in [1.165, 1.54) is 5.56 Å². The Kier molecular flexibility index (Phi) is 5.83. The normalized spacial score (nSPS) is 21.6. The molecule has 20 heavy (non-hydrogen) atoms. The van der Waals surface area contributed by atoms with Crippen molar-refractivity contribution in [3.8, 4) is 5.75 Å². The molecule has 112 valence electrons. The van der Waals surface area contributed by atoms with Gasteiger partial charge in [0.1, 0.15) is 5.75 Å². The highest BCUT2D eigenvalue weighted by molar-refractivity contribution is 5.34. The van der Waals surface area contributed by atoms with Crippen molar-refractivity contribution in [3.05, 3.63) is 29.8 Å². The van der Waals surface area contributed by atoms with Crippen LogP contribution < -0.4 is 10.1 Å². The lowest BCUT2D eigenvalue weighted by Crippen LogP contribution is -2.52. The molecule has 2 rings (SSSR count). The van der Waals surface area contributed by atoms with E-state index in [9.17, 15) is 0 Å². The van der Waals surface area contributed by atoms with Gasteiger partial charge in [0.15, 0.2) is 0 Å². The van der Waals surface area contributed by atoms with E-state index < -0.39 is 0 Å². The van der Waals surface area contributed by atoms with Crippen LogP contribution in [0.3, 0.4) is 0 Å². The van der Waals surface area contributed by atoms with E-state index >= 15 is 0 Å². The topological polar surface area (TPSA) is 33.7 Å². The largest absolute Gasteiger partial charge is 0.496 e. The van der Waals surface area contributed by atoms with Crippen LogP contribution in [0.5, 0.6) is 5.75 Å². The van der Waals surface area contributed by atoms with Gasteiger partial charge >= 0.3 is 0 Å². The number of likely N-dealkylation sites (N-methyl/N-ethyl adjacent to an activating group) is 2. The van der Waals surface area contributed by atoms with Crippen LogP contribution in [0.15, 0.2) is 24.3 Å². The highest BCUT2D eigenvalue weighted by atomic mass is 16.5. The Hall–Kier alpha value is -1.10. The third-order valence-corrected chi connectivity index (χ3v) is 4.08. The first-order valence-electron chi connectivity index (χ1n) is 7.41. The Bertz CT molecular complexity index is 411. The first-order valence-corrected chi connectivity index (χ1v) is 7.41. The van der Waals surface area contributed by atoms with Gasteiger partial charge in [-0.2, -0.15) is 0 Å². The second kappa shape index (κ2) is 7.62. The summed E-state index contributed by atoms with van der Waals surface area (Å²) in [5, 5.41) is 3.41. The van der Waals surface area contributed by atoms with Crippen molar-refractivity contribution in [1.29, 1.82) is 0 Å². The molecule has 2 atom stereocenters. The molecule has 1 N–H and O–H groups in total. The van der Waals surface area contributed by atoms with Gasteiger partial charge in [-0.1, -0.05) is 25.1 Å². The van der Waals surface area contributed by atoms with Crippen molar-refractivity contribution in [2.75, 3.05) is 40.4 Å². The van der Waals surface area contributed by atoms with Crippen molar-refractivity contribution in [2.24, 2.45) is 0 Å².